The SMILES string of the molecule is C=CCN(C(=O)C1N(CCCCCO)C(=O)[C@@H]2[C@@H](C(=O)N(CC=C)c3ccccc3)[C@@]3(C)CCC12O3)c1ccc(OC)cc1. The normalized spacial score (nSPS) is 26.8. The van der Waals surface area contributed by atoms with Crippen molar-refractivity contribution in [3.8, 4) is 5.75 Å². The van der Waals surface area contributed by atoms with E-state index < -0.39 is 29.1 Å². The molecule has 3 fully saturated rings. The first-order chi connectivity index (χ1) is 21.3. The quantitative estimate of drug-likeness (QED) is 0.255. The molecule has 9 nitrogen and oxygen atoms in total. The molecule has 9 heteroatoms. The zero-order valence-corrected chi connectivity index (χ0v) is 25.7. The minimum absolute atomic E-state index is 0.0596. The Bertz CT molecular complexity index is 1380. The number of methoxy groups -OCH3 is 1. The van der Waals surface area contributed by atoms with Gasteiger partial charge in [0.25, 0.3) is 5.91 Å². The number of aliphatic hydroxyl groups excluding tert-OH is 1. The number of ether oxygens (including phenoxy) is 2. The summed E-state index contributed by atoms with van der Waals surface area (Å²) in [6, 6.07) is 15.6. The summed E-state index contributed by atoms with van der Waals surface area (Å²) in [5, 5.41) is 9.35. The third-order valence-corrected chi connectivity index (χ3v) is 9.44. The largest absolute Gasteiger partial charge is 0.497 e. The van der Waals surface area contributed by atoms with E-state index in [0.717, 1.165) is 0 Å². The molecule has 3 heterocycles. The van der Waals surface area contributed by atoms with Crippen LogP contribution in [-0.4, -0.2) is 78.3 Å². The van der Waals surface area contributed by atoms with Gasteiger partial charge in [-0.2, -0.15) is 0 Å². The molecule has 2 aromatic carbocycles. The molecular formula is C35H43N3O6. The van der Waals surface area contributed by atoms with Gasteiger partial charge in [0.2, 0.25) is 11.8 Å². The van der Waals surface area contributed by atoms with E-state index in [1.54, 1.807) is 46.1 Å². The van der Waals surface area contributed by atoms with Gasteiger partial charge in [-0.15, -0.1) is 13.2 Å². The molecule has 2 aromatic rings. The number of nitrogens with zero attached hydrogens (tertiary/aromatic N) is 3. The number of para-hydroxylation sites is 1. The van der Waals surface area contributed by atoms with Crippen LogP contribution in [0.4, 0.5) is 11.4 Å². The van der Waals surface area contributed by atoms with E-state index in [0.29, 0.717) is 55.8 Å². The van der Waals surface area contributed by atoms with Crippen LogP contribution in [0, 0.1) is 11.8 Å². The molecule has 1 spiro atoms. The topological polar surface area (TPSA) is 99.6 Å². The summed E-state index contributed by atoms with van der Waals surface area (Å²) in [4.78, 5) is 48.7. The minimum Gasteiger partial charge on any atom is -0.497 e. The monoisotopic (exact) mass is 601 g/mol. The number of fused-ring (bicyclic) bond motifs is 1. The smallest absolute Gasteiger partial charge is 0.253 e. The molecule has 2 unspecified atom stereocenters. The highest BCUT2D eigenvalue weighted by Crippen LogP contribution is 2.63. The third-order valence-electron chi connectivity index (χ3n) is 9.44. The van der Waals surface area contributed by atoms with Gasteiger partial charge in [0.1, 0.15) is 17.4 Å². The lowest BCUT2D eigenvalue weighted by molar-refractivity contribution is -0.144. The van der Waals surface area contributed by atoms with Crippen molar-refractivity contribution in [3.05, 3.63) is 79.9 Å². The molecule has 0 saturated carbocycles. The number of carbonyl (C=O) groups is 3. The van der Waals surface area contributed by atoms with Crippen molar-refractivity contribution in [2.45, 2.75) is 56.3 Å². The van der Waals surface area contributed by atoms with Crippen molar-refractivity contribution >= 4 is 29.1 Å². The van der Waals surface area contributed by atoms with Crippen molar-refractivity contribution in [2.75, 3.05) is 43.2 Å². The Kier molecular flexibility index (Phi) is 9.27. The molecule has 5 rings (SSSR count). The van der Waals surface area contributed by atoms with E-state index in [1.165, 1.54) is 0 Å². The Labute approximate surface area is 259 Å². The molecule has 0 radical (unpaired) electrons. The van der Waals surface area contributed by atoms with E-state index >= 15 is 0 Å². The number of likely N-dealkylation sites (tertiary alicyclic amines) is 1. The van der Waals surface area contributed by atoms with Gasteiger partial charge in [-0.25, -0.2) is 0 Å². The van der Waals surface area contributed by atoms with E-state index in [-0.39, 0.29) is 37.4 Å². The maximum absolute atomic E-state index is 14.7. The number of hydrogen-bond donors (Lipinski definition) is 1. The number of anilines is 2. The summed E-state index contributed by atoms with van der Waals surface area (Å²) >= 11 is 0. The molecule has 5 atom stereocenters. The van der Waals surface area contributed by atoms with Gasteiger partial charge in [0.15, 0.2) is 0 Å². The fourth-order valence-electron chi connectivity index (χ4n) is 7.48. The lowest BCUT2D eigenvalue weighted by Crippen LogP contribution is -2.56. The Morgan fingerprint density at radius 2 is 1.61 bits per heavy atom. The predicted octanol–water partition coefficient (Wildman–Crippen LogP) is 4.36. The second-order valence-corrected chi connectivity index (χ2v) is 12.1. The van der Waals surface area contributed by atoms with Gasteiger partial charge in [-0.1, -0.05) is 30.4 Å². The van der Waals surface area contributed by atoms with Crippen molar-refractivity contribution in [1.29, 1.82) is 0 Å². The highest BCUT2D eigenvalue weighted by molar-refractivity contribution is 6.06. The predicted molar refractivity (Wildman–Crippen MR) is 169 cm³/mol. The highest BCUT2D eigenvalue weighted by atomic mass is 16.5. The first-order valence-corrected chi connectivity index (χ1v) is 15.4. The van der Waals surface area contributed by atoms with E-state index in [9.17, 15) is 19.5 Å². The van der Waals surface area contributed by atoms with Crippen LogP contribution in [0.25, 0.3) is 0 Å². The van der Waals surface area contributed by atoms with E-state index in [2.05, 4.69) is 13.2 Å². The van der Waals surface area contributed by atoms with Crippen LogP contribution in [-0.2, 0) is 19.1 Å². The van der Waals surface area contributed by atoms with Gasteiger partial charge in [-0.3, -0.25) is 14.4 Å². The number of hydrogen-bond acceptors (Lipinski definition) is 6. The number of aliphatic hydroxyl groups is 1. The van der Waals surface area contributed by atoms with Gasteiger partial charge >= 0.3 is 0 Å². The van der Waals surface area contributed by atoms with Gasteiger partial charge in [0, 0.05) is 37.6 Å². The number of amides is 3. The van der Waals surface area contributed by atoms with E-state index in [4.69, 9.17) is 9.47 Å². The Hall–Kier alpha value is -3.95. The van der Waals surface area contributed by atoms with Gasteiger partial charge in [-0.05, 0) is 75.4 Å². The third kappa shape index (κ3) is 5.32. The number of carbonyl (C=O) groups excluding carboxylic acids is 3. The summed E-state index contributed by atoms with van der Waals surface area (Å²) < 4.78 is 12.2. The summed E-state index contributed by atoms with van der Waals surface area (Å²) in [5.74, 6) is -1.61. The molecule has 3 amide bonds. The average molecular weight is 602 g/mol. The Morgan fingerprint density at radius 1 is 0.977 bits per heavy atom. The zero-order chi connectivity index (χ0) is 31.5. The lowest BCUT2D eigenvalue weighted by Gasteiger charge is -2.37. The number of benzene rings is 2. The standard InChI is InChI=1S/C35H43N3O6/c1-5-21-36(25-13-9-7-10-14-25)31(40)28-29-32(41)38(23-11-8-12-24-39)30(35(29)20-19-34(28,3)44-35)33(42)37(22-6-2)26-15-17-27(43-4)18-16-26/h5-7,9-10,13-18,28-30,39H,1-2,8,11-12,19-24H2,3-4H3/t28-,29-,30?,34+,35?/m0/s1. The zero-order valence-electron chi connectivity index (χ0n) is 25.7. The fraction of sp³-hybridized carbons (Fsp3) is 0.457. The fourth-order valence-corrected chi connectivity index (χ4v) is 7.48. The summed E-state index contributed by atoms with van der Waals surface area (Å²) in [7, 11) is 1.58. The Balaban J connectivity index is 1.56. The molecule has 234 valence electrons. The molecule has 0 aromatic heterocycles. The minimum atomic E-state index is -1.15. The van der Waals surface area contributed by atoms with Crippen LogP contribution in [0.3, 0.4) is 0 Å². The second-order valence-electron chi connectivity index (χ2n) is 12.1. The molecule has 2 bridgehead atoms. The van der Waals surface area contributed by atoms with Crippen LogP contribution in [0.2, 0.25) is 0 Å². The van der Waals surface area contributed by atoms with Crippen LogP contribution in [0.15, 0.2) is 79.9 Å². The highest BCUT2D eigenvalue weighted by Gasteiger charge is 2.78. The van der Waals surface area contributed by atoms with Crippen molar-refractivity contribution in [3.63, 3.8) is 0 Å². The lowest BCUT2D eigenvalue weighted by atomic mass is 9.66. The molecule has 3 aliphatic rings. The van der Waals surface area contributed by atoms with Crippen LogP contribution in [0.1, 0.15) is 39.0 Å². The number of unbranched alkanes of at least 4 members (excludes halogenated alkanes) is 2. The Morgan fingerprint density at radius 3 is 2.23 bits per heavy atom. The summed E-state index contributed by atoms with van der Waals surface area (Å²) in [5.41, 5.74) is -0.691. The van der Waals surface area contributed by atoms with E-state index in [1.807, 2.05) is 49.4 Å². The second kappa shape index (κ2) is 13.0. The molecule has 0 aliphatic carbocycles. The molecule has 1 N–H and O–H groups in total. The molecule has 44 heavy (non-hydrogen) atoms. The van der Waals surface area contributed by atoms with Crippen LogP contribution in [0.5, 0.6) is 5.75 Å². The number of rotatable bonds is 14. The summed E-state index contributed by atoms with van der Waals surface area (Å²) in [6.07, 6.45) is 6.30. The van der Waals surface area contributed by atoms with Crippen molar-refractivity contribution < 1.29 is 29.0 Å². The first kappa shape index (κ1) is 31.5. The van der Waals surface area contributed by atoms with Crippen molar-refractivity contribution in [2.24, 2.45) is 11.8 Å². The summed E-state index contributed by atoms with van der Waals surface area (Å²) in [6.45, 7) is 10.6. The first-order valence-electron chi connectivity index (χ1n) is 15.4. The van der Waals surface area contributed by atoms with Crippen LogP contribution >= 0.6 is 0 Å². The molecular weight excluding hydrogens is 558 g/mol. The van der Waals surface area contributed by atoms with Crippen LogP contribution < -0.4 is 14.5 Å². The average Bonchev–Trinajstić information content (AvgIpc) is 3.61. The van der Waals surface area contributed by atoms with Gasteiger partial charge in [0.05, 0.1) is 24.5 Å². The maximum atomic E-state index is 14.7. The molecule has 3 saturated heterocycles. The van der Waals surface area contributed by atoms with Crippen molar-refractivity contribution in [1.82, 2.24) is 4.90 Å². The maximum Gasteiger partial charge on any atom is 0.253 e. The molecule has 3 aliphatic heterocycles. The van der Waals surface area contributed by atoms with Gasteiger partial charge < -0.3 is 29.3 Å².